The van der Waals surface area contributed by atoms with E-state index < -0.39 is 0 Å². The van der Waals surface area contributed by atoms with Gasteiger partial charge >= 0.3 is 0 Å². The quantitative estimate of drug-likeness (QED) is 0.150. The van der Waals surface area contributed by atoms with Gasteiger partial charge < -0.3 is 9.47 Å². The fraction of sp³-hybridized carbons (Fsp3) is 0. The first-order chi connectivity index (χ1) is 29.8. The number of benzene rings is 10. The summed E-state index contributed by atoms with van der Waals surface area (Å²) >= 11 is 0. The summed E-state index contributed by atoms with van der Waals surface area (Å²) in [7, 11) is 0. The molecule has 282 valence electrons. The smallest absolute Gasteiger partial charge is 0.0625 e. The Morgan fingerprint density at radius 3 is 1.43 bits per heavy atom. The number of hydrogen-bond acceptors (Lipinski definition) is 1. The second-order valence-corrected chi connectivity index (χ2v) is 15.3. The van der Waals surface area contributed by atoms with Crippen LogP contribution >= 0.6 is 0 Å². The van der Waals surface area contributed by atoms with Gasteiger partial charge in [-0.15, -0.1) is 0 Å². The lowest BCUT2D eigenvalue weighted by Gasteiger charge is -2.28. The molecule has 0 bridgehead atoms. The first-order valence-electron chi connectivity index (χ1n) is 20.6. The standard InChI is InChI=1S/C58H40N2/c1-5-17-41(18-6-1)43-29-33-48(34-30-43)59(55-28-16-15-26-51(55)45-21-9-3-10-22-45)50-37-38-56-54(40-50)57-53(46-23-11-4-12-24-46)39-47-25-13-14-27-52(47)58(57)60(56)49-35-31-44(32-36-49)42-19-7-2-8-20-42/h1-40H. The largest absolute Gasteiger partial charge is 0.310 e. The van der Waals surface area contributed by atoms with Crippen molar-refractivity contribution in [1.82, 2.24) is 4.57 Å². The second-order valence-electron chi connectivity index (χ2n) is 15.3. The van der Waals surface area contributed by atoms with Crippen LogP contribution in [0.15, 0.2) is 243 Å². The van der Waals surface area contributed by atoms with Crippen LogP contribution < -0.4 is 4.90 Å². The minimum Gasteiger partial charge on any atom is -0.310 e. The SMILES string of the molecule is c1ccc(-c2ccc(N(c3ccc4c(c3)c3c(-c5ccccc5)cc5ccccc5c3n4-c3ccc(-c4ccccc4)cc3)c3ccccc3-c3ccccc3)cc2)cc1. The molecule has 2 nitrogen and oxygen atoms in total. The maximum absolute atomic E-state index is 2.48. The average molecular weight is 765 g/mol. The Morgan fingerprint density at radius 1 is 0.317 bits per heavy atom. The monoisotopic (exact) mass is 764 g/mol. The summed E-state index contributed by atoms with van der Waals surface area (Å²) in [5.74, 6) is 0. The zero-order valence-corrected chi connectivity index (χ0v) is 33.0. The third kappa shape index (κ3) is 6.23. The number of hydrogen-bond donors (Lipinski definition) is 0. The van der Waals surface area contributed by atoms with E-state index in [0.717, 1.165) is 28.3 Å². The molecule has 0 fully saturated rings. The van der Waals surface area contributed by atoms with Gasteiger partial charge in [0.25, 0.3) is 0 Å². The van der Waals surface area contributed by atoms with Crippen molar-refractivity contribution in [3.63, 3.8) is 0 Å². The lowest BCUT2D eigenvalue weighted by atomic mass is 9.95. The van der Waals surface area contributed by atoms with E-state index in [-0.39, 0.29) is 0 Å². The molecule has 1 aromatic heterocycles. The highest BCUT2D eigenvalue weighted by Gasteiger charge is 2.23. The van der Waals surface area contributed by atoms with Crippen LogP contribution in [0.25, 0.3) is 82.8 Å². The summed E-state index contributed by atoms with van der Waals surface area (Å²) in [6.45, 7) is 0. The molecule has 0 aliphatic carbocycles. The molecule has 0 saturated heterocycles. The summed E-state index contributed by atoms with van der Waals surface area (Å²) in [6.07, 6.45) is 0. The van der Waals surface area contributed by atoms with Crippen LogP contribution in [0.4, 0.5) is 17.1 Å². The van der Waals surface area contributed by atoms with Crippen molar-refractivity contribution in [1.29, 1.82) is 0 Å². The minimum atomic E-state index is 1.09. The van der Waals surface area contributed by atoms with E-state index in [4.69, 9.17) is 0 Å². The first kappa shape index (κ1) is 35.2. The van der Waals surface area contributed by atoms with Gasteiger partial charge in [0.2, 0.25) is 0 Å². The normalized spacial score (nSPS) is 11.3. The van der Waals surface area contributed by atoms with E-state index in [1.165, 1.54) is 71.6 Å². The molecule has 10 aromatic carbocycles. The Balaban J connectivity index is 1.20. The molecule has 1 heterocycles. The Hall–Kier alpha value is -7.94. The van der Waals surface area contributed by atoms with E-state index in [2.05, 4.69) is 252 Å². The van der Waals surface area contributed by atoms with Gasteiger partial charge in [-0.1, -0.05) is 188 Å². The minimum absolute atomic E-state index is 1.09. The highest BCUT2D eigenvalue weighted by Crippen LogP contribution is 2.47. The summed E-state index contributed by atoms with van der Waals surface area (Å²) in [6, 6.07) is 87.9. The number of rotatable bonds is 8. The van der Waals surface area contributed by atoms with Crippen LogP contribution in [0, 0.1) is 0 Å². The molecule has 0 aliphatic rings. The molecule has 11 aromatic rings. The fourth-order valence-corrected chi connectivity index (χ4v) is 8.95. The maximum Gasteiger partial charge on any atom is 0.0625 e. The van der Waals surface area contributed by atoms with Gasteiger partial charge in [-0.25, -0.2) is 0 Å². The molecule has 0 amide bonds. The van der Waals surface area contributed by atoms with Crippen LogP contribution in [0.2, 0.25) is 0 Å². The van der Waals surface area contributed by atoms with Crippen LogP contribution in [-0.2, 0) is 0 Å². The molecule has 0 aliphatic heterocycles. The summed E-state index contributed by atoms with van der Waals surface area (Å²) in [4.78, 5) is 2.43. The Labute approximate surface area is 350 Å². The van der Waals surface area contributed by atoms with Crippen molar-refractivity contribution in [2.75, 3.05) is 4.90 Å². The number of para-hydroxylation sites is 1. The second kappa shape index (κ2) is 15.1. The summed E-state index contributed by atoms with van der Waals surface area (Å²) < 4.78 is 2.48. The van der Waals surface area contributed by atoms with Crippen molar-refractivity contribution in [3.05, 3.63) is 243 Å². The maximum atomic E-state index is 2.48. The zero-order chi connectivity index (χ0) is 39.8. The van der Waals surface area contributed by atoms with Crippen molar-refractivity contribution < 1.29 is 0 Å². The summed E-state index contributed by atoms with van der Waals surface area (Å²) in [5.41, 5.74) is 16.3. The lowest BCUT2D eigenvalue weighted by molar-refractivity contribution is 1.18. The van der Waals surface area contributed by atoms with Crippen LogP contribution in [0.1, 0.15) is 0 Å². The molecule has 0 spiro atoms. The van der Waals surface area contributed by atoms with Gasteiger partial charge in [0.05, 0.1) is 16.7 Å². The van der Waals surface area contributed by atoms with Gasteiger partial charge in [0.15, 0.2) is 0 Å². The predicted molar refractivity (Wildman–Crippen MR) is 255 cm³/mol. The van der Waals surface area contributed by atoms with Gasteiger partial charge in [0.1, 0.15) is 0 Å². The van der Waals surface area contributed by atoms with Crippen molar-refractivity contribution in [2.45, 2.75) is 0 Å². The molecule has 0 unspecified atom stereocenters. The molecule has 2 heteroatoms. The Bertz CT molecular complexity index is 3260. The Kier molecular flexibility index (Phi) is 8.87. The van der Waals surface area contributed by atoms with E-state index in [0.29, 0.717) is 0 Å². The van der Waals surface area contributed by atoms with Crippen molar-refractivity contribution in [2.24, 2.45) is 0 Å². The molecule has 60 heavy (non-hydrogen) atoms. The zero-order valence-electron chi connectivity index (χ0n) is 33.0. The van der Waals surface area contributed by atoms with E-state index >= 15 is 0 Å². The molecule has 0 radical (unpaired) electrons. The van der Waals surface area contributed by atoms with Crippen LogP contribution in [0.5, 0.6) is 0 Å². The number of nitrogens with zero attached hydrogens (tertiary/aromatic N) is 2. The molecular weight excluding hydrogens is 725 g/mol. The third-order valence-electron chi connectivity index (χ3n) is 11.8. The number of anilines is 3. The van der Waals surface area contributed by atoms with Gasteiger partial charge in [0, 0.05) is 38.8 Å². The third-order valence-corrected chi connectivity index (χ3v) is 11.8. The van der Waals surface area contributed by atoms with Crippen molar-refractivity contribution >= 4 is 49.6 Å². The van der Waals surface area contributed by atoms with Crippen LogP contribution in [0.3, 0.4) is 0 Å². The summed E-state index contributed by atoms with van der Waals surface area (Å²) in [5, 5.41) is 4.87. The van der Waals surface area contributed by atoms with E-state index in [9.17, 15) is 0 Å². The molecule has 0 atom stereocenters. The predicted octanol–water partition coefficient (Wildman–Crippen LogP) is 16.1. The average Bonchev–Trinajstić information content (AvgIpc) is 3.68. The highest BCUT2D eigenvalue weighted by atomic mass is 15.1. The molecular formula is C58H40N2. The molecule has 0 saturated carbocycles. The fourth-order valence-electron chi connectivity index (χ4n) is 8.95. The highest BCUT2D eigenvalue weighted by molar-refractivity contribution is 6.24. The van der Waals surface area contributed by atoms with E-state index in [1.807, 2.05) is 0 Å². The first-order valence-corrected chi connectivity index (χ1v) is 20.6. The topological polar surface area (TPSA) is 8.17 Å². The number of aromatic nitrogens is 1. The van der Waals surface area contributed by atoms with E-state index in [1.54, 1.807) is 0 Å². The molecule has 11 rings (SSSR count). The van der Waals surface area contributed by atoms with Crippen molar-refractivity contribution in [3.8, 4) is 50.2 Å². The van der Waals surface area contributed by atoms with Crippen LogP contribution in [-0.4, -0.2) is 4.57 Å². The number of fused-ring (bicyclic) bond motifs is 5. The Morgan fingerprint density at radius 2 is 0.800 bits per heavy atom. The van der Waals surface area contributed by atoms with Gasteiger partial charge in [-0.2, -0.15) is 0 Å². The lowest BCUT2D eigenvalue weighted by Crippen LogP contribution is -2.11. The van der Waals surface area contributed by atoms with Gasteiger partial charge in [-0.3, -0.25) is 0 Å². The van der Waals surface area contributed by atoms with Gasteiger partial charge in [-0.05, 0) is 98.9 Å². The molecule has 0 N–H and O–H groups in total.